The average Bonchev–Trinajstić information content (AvgIpc) is 3.57. The van der Waals surface area contributed by atoms with E-state index in [1.807, 2.05) is 72.8 Å². The summed E-state index contributed by atoms with van der Waals surface area (Å²) < 4.78 is 2.15. The zero-order chi connectivity index (χ0) is 33.4. The molecular formula is C43H26ClN5S. The SMILES string of the molecule is Clc1nc(-c2ccc(-c3nc(-c4ccc(-c5ccccc5)cc4)nc(-c4ccc(-c5ccccc5)cc4)n3)cc2)c2sc3ccccc3c2n1. The van der Waals surface area contributed by atoms with E-state index in [4.69, 9.17) is 26.6 Å². The number of hydrogen-bond acceptors (Lipinski definition) is 6. The normalized spacial score (nSPS) is 11.3. The molecule has 0 aliphatic carbocycles. The van der Waals surface area contributed by atoms with Gasteiger partial charge < -0.3 is 0 Å². The number of hydrogen-bond donors (Lipinski definition) is 0. The van der Waals surface area contributed by atoms with Crippen molar-refractivity contribution in [1.29, 1.82) is 0 Å². The van der Waals surface area contributed by atoms with Gasteiger partial charge in [0.15, 0.2) is 17.5 Å². The van der Waals surface area contributed by atoms with Gasteiger partial charge in [-0.15, -0.1) is 11.3 Å². The molecule has 7 heteroatoms. The molecule has 0 unspecified atom stereocenters. The standard InChI is InChI=1S/C43H26ClN5S/c44-43-45-37(39-38(46-43)35-13-7-8-14-36(35)50-39)31-19-25-34(26-20-31)42-48-40(32-21-15-29(16-22-32)27-9-3-1-4-10-27)47-41(49-42)33-23-17-30(18-24-33)28-11-5-2-6-12-28/h1-26H. The van der Waals surface area contributed by atoms with Crippen LogP contribution in [0.25, 0.3) is 88.0 Å². The fourth-order valence-electron chi connectivity index (χ4n) is 6.18. The zero-order valence-electron chi connectivity index (χ0n) is 26.5. The van der Waals surface area contributed by atoms with Gasteiger partial charge in [0.05, 0.1) is 15.9 Å². The van der Waals surface area contributed by atoms with Gasteiger partial charge in [0, 0.05) is 32.3 Å². The second-order valence-electron chi connectivity index (χ2n) is 11.9. The molecule has 3 heterocycles. The minimum atomic E-state index is 0.225. The van der Waals surface area contributed by atoms with Gasteiger partial charge in [0.2, 0.25) is 5.28 Å². The van der Waals surface area contributed by atoms with E-state index in [1.54, 1.807) is 11.3 Å². The van der Waals surface area contributed by atoms with Crippen molar-refractivity contribution in [2.75, 3.05) is 0 Å². The number of aromatic nitrogens is 5. The summed E-state index contributed by atoms with van der Waals surface area (Å²) in [5.74, 6) is 1.80. The number of thiophene rings is 1. The first kappa shape index (κ1) is 30.0. The number of halogens is 1. The Morgan fingerprint density at radius 3 is 1.26 bits per heavy atom. The van der Waals surface area contributed by atoms with Crippen LogP contribution in [0.3, 0.4) is 0 Å². The molecule has 0 bridgehead atoms. The predicted molar refractivity (Wildman–Crippen MR) is 206 cm³/mol. The van der Waals surface area contributed by atoms with Crippen molar-refractivity contribution in [1.82, 2.24) is 24.9 Å². The summed E-state index contributed by atoms with van der Waals surface area (Å²) in [7, 11) is 0. The molecule has 0 spiro atoms. The van der Waals surface area contributed by atoms with Gasteiger partial charge in [-0.05, 0) is 39.9 Å². The maximum Gasteiger partial charge on any atom is 0.223 e. The minimum absolute atomic E-state index is 0.225. The van der Waals surface area contributed by atoms with Gasteiger partial charge in [-0.1, -0.05) is 152 Å². The second-order valence-corrected chi connectivity index (χ2v) is 13.3. The van der Waals surface area contributed by atoms with E-state index >= 15 is 0 Å². The molecule has 50 heavy (non-hydrogen) atoms. The monoisotopic (exact) mass is 679 g/mol. The number of nitrogens with zero attached hydrogens (tertiary/aromatic N) is 5. The quantitative estimate of drug-likeness (QED) is 0.164. The van der Waals surface area contributed by atoms with E-state index < -0.39 is 0 Å². The van der Waals surface area contributed by atoms with Crippen molar-refractivity contribution in [3.8, 4) is 67.7 Å². The van der Waals surface area contributed by atoms with Gasteiger partial charge in [0.1, 0.15) is 0 Å². The van der Waals surface area contributed by atoms with E-state index in [2.05, 4.69) is 94.9 Å². The molecular weight excluding hydrogens is 654 g/mol. The first-order valence-corrected chi connectivity index (χ1v) is 17.4. The molecule has 0 saturated carbocycles. The van der Waals surface area contributed by atoms with Gasteiger partial charge in [-0.25, -0.2) is 24.9 Å². The number of benzene rings is 6. The lowest BCUT2D eigenvalue weighted by Gasteiger charge is -2.10. The highest BCUT2D eigenvalue weighted by Gasteiger charge is 2.17. The van der Waals surface area contributed by atoms with Crippen molar-refractivity contribution in [2.24, 2.45) is 0 Å². The zero-order valence-corrected chi connectivity index (χ0v) is 28.1. The van der Waals surface area contributed by atoms with Crippen LogP contribution < -0.4 is 0 Å². The van der Waals surface area contributed by atoms with E-state index in [-0.39, 0.29) is 5.28 Å². The largest absolute Gasteiger partial charge is 0.223 e. The summed E-state index contributed by atoms with van der Waals surface area (Å²) in [4.78, 5) is 24.2. The van der Waals surface area contributed by atoms with Crippen LogP contribution in [0, 0.1) is 0 Å². The average molecular weight is 680 g/mol. The highest BCUT2D eigenvalue weighted by molar-refractivity contribution is 7.26. The molecule has 9 rings (SSSR count). The van der Waals surface area contributed by atoms with Gasteiger partial charge in [0.25, 0.3) is 0 Å². The predicted octanol–water partition coefficient (Wildman–Crippen LogP) is 11.7. The highest BCUT2D eigenvalue weighted by atomic mass is 35.5. The summed E-state index contributed by atoms with van der Waals surface area (Å²) >= 11 is 8.13. The van der Waals surface area contributed by atoms with Crippen LogP contribution in [0.5, 0.6) is 0 Å². The Balaban J connectivity index is 1.12. The molecule has 0 atom stereocenters. The van der Waals surface area contributed by atoms with Crippen molar-refractivity contribution in [3.63, 3.8) is 0 Å². The van der Waals surface area contributed by atoms with Crippen LogP contribution in [0.15, 0.2) is 158 Å². The van der Waals surface area contributed by atoms with E-state index in [0.29, 0.717) is 17.5 Å². The summed E-state index contributed by atoms with van der Waals surface area (Å²) in [5, 5.41) is 1.30. The van der Waals surface area contributed by atoms with Crippen molar-refractivity contribution in [3.05, 3.63) is 163 Å². The van der Waals surface area contributed by atoms with Crippen LogP contribution in [0.4, 0.5) is 0 Å². The lowest BCUT2D eigenvalue weighted by molar-refractivity contribution is 1.07. The Labute approximate surface area is 297 Å². The molecule has 0 amide bonds. The molecule has 6 aromatic carbocycles. The van der Waals surface area contributed by atoms with Crippen molar-refractivity contribution < 1.29 is 0 Å². The molecule has 0 saturated heterocycles. The Morgan fingerprint density at radius 2 is 0.760 bits per heavy atom. The Morgan fingerprint density at radius 1 is 0.360 bits per heavy atom. The smallest absolute Gasteiger partial charge is 0.216 e. The van der Waals surface area contributed by atoms with Crippen LogP contribution in [-0.4, -0.2) is 24.9 Å². The topological polar surface area (TPSA) is 64.5 Å². The molecule has 236 valence electrons. The maximum absolute atomic E-state index is 6.45. The molecule has 0 N–H and O–H groups in total. The summed E-state index contributed by atoms with van der Waals surface area (Å²) in [6, 6.07) is 53.8. The third-order valence-corrected chi connectivity index (χ3v) is 10.1. The summed E-state index contributed by atoms with van der Waals surface area (Å²) in [5.41, 5.74) is 9.90. The first-order chi connectivity index (χ1) is 24.7. The molecule has 5 nitrogen and oxygen atoms in total. The van der Waals surface area contributed by atoms with Crippen LogP contribution in [-0.2, 0) is 0 Å². The number of rotatable bonds is 6. The van der Waals surface area contributed by atoms with E-state index in [1.165, 1.54) is 0 Å². The lowest BCUT2D eigenvalue weighted by atomic mass is 10.0. The van der Waals surface area contributed by atoms with Crippen LogP contribution >= 0.6 is 22.9 Å². The van der Waals surface area contributed by atoms with E-state index in [0.717, 1.165) is 70.5 Å². The van der Waals surface area contributed by atoms with Crippen LogP contribution in [0.1, 0.15) is 0 Å². The molecule has 0 radical (unpaired) electrons. The number of fused-ring (bicyclic) bond motifs is 3. The molecule has 9 aromatic rings. The highest BCUT2D eigenvalue weighted by Crippen LogP contribution is 2.39. The summed E-state index contributed by atoms with van der Waals surface area (Å²) in [6.45, 7) is 0. The fourth-order valence-corrected chi connectivity index (χ4v) is 7.51. The van der Waals surface area contributed by atoms with Crippen molar-refractivity contribution >= 4 is 43.2 Å². The lowest BCUT2D eigenvalue weighted by Crippen LogP contribution is -2.00. The molecule has 0 aliphatic heterocycles. The van der Waals surface area contributed by atoms with Crippen molar-refractivity contribution in [2.45, 2.75) is 0 Å². The Bertz CT molecular complexity index is 2520. The summed E-state index contributed by atoms with van der Waals surface area (Å²) in [6.07, 6.45) is 0. The minimum Gasteiger partial charge on any atom is -0.216 e. The van der Waals surface area contributed by atoms with Gasteiger partial charge in [-0.3, -0.25) is 0 Å². The second kappa shape index (κ2) is 12.7. The van der Waals surface area contributed by atoms with Gasteiger partial charge in [-0.2, -0.15) is 0 Å². The fraction of sp³-hybridized carbons (Fsp3) is 0. The molecule has 0 aliphatic rings. The van der Waals surface area contributed by atoms with Gasteiger partial charge >= 0.3 is 0 Å². The Kier molecular flexibility index (Phi) is 7.65. The maximum atomic E-state index is 6.45. The Hall–Kier alpha value is -6.08. The van der Waals surface area contributed by atoms with E-state index in [9.17, 15) is 0 Å². The third-order valence-electron chi connectivity index (χ3n) is 8.74. The molecule has 0 fully saturated rings. The third kappa shape index (κ3) is 5.71. The first-order valence-electron chi connectivity index (χ1n) is 16.2. The molecule has 3 aromatic heterocycles. The van der Waals surface area contributed by atoms with Crippen LogP contribution in [0.2, 0.25) is 5.28 Å².